The lowest BCUT2D eigenvalue weighted by atomic mass is 9.46. The summed E-state index contributed by atoms with van der Waals surface area (Å²) in [5.74, 6) is 2.32. The van der Waals surface area contributed by atoms with Crippen molar-refractivity contribution in [3.05, 3.63) is 11.6 Å². The van der Waals surface area contributed by atoms with E-state index in [4.69, 9.17) is 4.74 Å². The number of aliphatic hydroxyl groups is 2. The average molecular weight is 459 g/mol. The van der Waals surface area contributed by atoms with Crippen LogP contribution in [-0.4, -0.2) is 35.1 Å². The summed E-state index contributed by atoms with van der Waals surface area (Å²) < 4.78 is 5.22. The summed E-state index contributed by atoms with van der Waals surface area (Å²) in [6.45, 7) is 12.4. The molecular formula is C30H50O3. The lowest BCUT2D eigenvalue weighted by Gasteiger charge is -2.59. The molecule has 0 aromatic rings. The zero-order valence-corrected chi connectivity index (χ0v) is 22.3. The average Bonchev–Trinajstić information content (AvgIpc) is 3.33. The van der Waals surface area contributed by atoms with Crippen LogP contribution in [0.5, 0.6) is 0 Å². The Balaban J connectivity index is 1.33. The van der Waals surface area contributed by atoms with E-state index in [1.165, 1.54) is 44.9 Å². The van der Waals surface area contributed by atoms with Gasteiger partial charge in [-0.1, -0.05) is 32.4 Å². The molecule has 3 nitrogen and oxygen atoms in total. The molecule has 188 valence electrons. The molecule has 2 N–H and O–H groups in total. The number of methoxy groups -OCH3 is 1. The summed E-state index contributed by atoms with van der Waals surface area (Å²) in [6.07, 6.45) is 16.6. The van der Waals surface area contributed by atoms with E-state index in [1.54, 1.807) is 12.7 Å². The Hall–Kier alpha value is -0.380. The van der Waals surface area contributed by atoms with Gasteiger partial charge in [-0.15, -0.1) is 0 Å². The molecular weight excluding hydrogens is 408 g/mol. The lowest BCUT2D eigenvalue weighted by molar-refractivity contribution is -0.0720. The Morgan fingerprint density at radius 2 is 1.88 bits per heavy atom. The van der Waals surface area contributed by atoms with Crippen molar-refractivity contribution in [3.8, 4) is 0 Å². The maximum Gasteiger partial charge on any atom is 0.0657 e. The minimum Gasteiger partial charge on any atom is -0.390 e. The first-order valence-electron chi connectivity index (χ1n) is 14.0. The highest BCUT2D eigenvalue weighted by Crippen LogP contribution is 2.89. The van der Waals surface area contributed by atoms with E-state index in [1.807, 2.05) is 13.8 Å². The number of hydrogen-bond acceptors (Lipinski definition) is 3. The molecule has 0 saturated heterocycles. The predicted octanol–water partition coefficient (Wildman–Crippen LogP) is 6.66. The van der Waals surface area contributed by atoms with Crippen LogP contribution in [0.2, 0.25) is 0 Å². The number of allylic oxidation sites excluding steroid dienone is 1. The van der Waals surface area contributed by atoms with Crippen LogP contribution in [0, 0.1) is 39.4 Å². The van der Waals surface area contributed by atoms with Gasteiger partial charge in [0, 0.05) is 13.7 Å². The smallest absolute Gasteiger partial charge is 0.0657 e. The van der Waals surface area contributed by atoms with Crippen LogP contribution >= 0.6 is 0 Å². The van der Waals surface area contributed by atoms with Crippen LogP contribution < -0.4 is 0 Å². The molecule has 4 saturated carbocycles. The van der Waals surface area contributed by atoms with E-state index >= 15 is 0 Å². The van der Waals surface area contributed by atoms with E-state index in [2.05, 4.69) is 26.8 Å². The van der Waals surface area contributed by atoms with Crippen molar-refractivity contribution in [2.45, 2.75) is 123 Å². The van der Waals surface area contributed by atoms with Gasteiger partial charge >= 0.3 is 0 Å². The highest BCUT2D eigenvalue weighted by molar-refractivity contribution is 5.40. The Morgan fingerprint density at radius 1 is 1.12 bits per heavy atom. The molecule has 9 unspecified atom stereocenters. The lowest BCUT2D eigenvalue weighted by Crippen LogP contribution is -2.52. The molecule has 0 bridgehead atoms. The molecule has 5 rings (SSSR count). The van der Waals surface area contributed by atoms with Gasteiger partial charge in [0.15, 0.2) is 0 Å². The fourth-order valence-electron chi connectivity index (χ4n) is 10.4. The first-order chi connectivity index (χ1) is 15.3. The van der Waals surface area contributed by atoms with Gasteiger partial charge in [-0.3, -0.25) is 0 Å². The predicted molar refractivity (Wildman–Crippen MR) is 134 cm³/mol. The maximum absolute atomic E-state index is 10.8. The standard InChI is InChI=1S/C30H50O3/c1-21(9-11-25(2,31)17-18-33-6)23-7-8-24-27(23,4)14-16-30-20-29(24,30)12-10-22-19-26(3,32)13-15-28(22,30)5/h10,21,23-24,31-32H,7-9,11-20H2,1-6H3. The summed E-state index contributed by atoms with van der Waals surface area (Å²) in [4.78, 5) is 0. The van der Waals surface area contributed by atoms with Crippen LogP contribution in [0.15, 0.2) is 11.6 Å². The van der Waals surface area contributed by atoms with Crippen LogP contribution in [0.3, 0.4) is 0 Å². The highest BCUT2D eigenvalue weighted by Gasteiger charge is 2.82. The number of fused-ring (bicyclic) bond motifs is 2. The molecule has 5 aliphatic rings. The van der Waals surface area contributed by atoms with Crippen LogP contribution in [0.25, 0.3) is 0 Å². The van der Waals surface area contributed by atoms with E-state index in [9.17, 15) is 10.2 Å². The molecule has 5 aliphatic carbocycles. The summed E-state index contributed by atoms with van der Waals surface area (Å²) in [6, 6.07) is 0. The normalized spacial score (nSPS) is 50.8. The Bertz CT molecular complexity index is 813. The fourth-order valence-corrected chi connectivity index (χ4v) is 10.4. The van der Waals surface area contributed by atoms with Gasteiger partial charge in [-0.05, 0) is 130 Å². The third-order valence-electron chi connectivity index (χ3n) is 12.5. The second kappa shape index (κ2) is 7.56. The molecule has 0 spiro atoms. The van der Waals surface area contributed by atoms with E-state index in [0.717, 1.165) is 43.9 Å². The SMILES string of the molecule is COCCC(C)(O)CCC(C)C1CCC2C1(C)CCC13CC21CC=C1CC(C)(O)CCC13C. The van der Waals surface area contributed by atoms with Gasteiger partial charge in [-0.25, -0.2) is 0 Å². The van der Waals surface area contributed by atoms with Crippen molar-refractivity contribution in [1.82, 2.24) is 0 Å². The van der Waals surface area contributed by atoms with Gasteiger partial charge < -0.3 is 14.9 Å². The Labute approximate surface area is 202 Å². The quantitative estimate of drug-likeness (QED) is 0.419. The van der Waals surface area contributed by atoms with Crippen LogP contribution in [0.4, 0.5) is 0 Å². The Morgan fingerprint density at radius 3 is 2.61 bits per heavy atom. The fraction of sp³-hybridized carbons (Fsp3) is 0.933. The molecule has 0 aliphatic heterocycles. The summed E-state index contributed by atoms with van der Waals surface area (Å²) in [5, 5.41) is 21.6. The minimum absolute atomic E-state index is 0.318. The highest BCUT2D eigenvalue weighted by atomic mass is 16.5. The molecule has 0 aromatic heterocycles. The number of rotatable bonds is 7. The maximum atomic E-state index is 10.8. The van der Waals surface area contributed by atoms with Crippen molar-refractivity contribution in [3.63, 3.8) is 0 Å². The topological polar surface area (TPSA) is 49.7 Å². The largest absolute Gasteiger partial charge is 0.390 e. The zero-order chi connectivity index (χ0) is 23.9. The van der Waals surface area contributed by atoms with Gasteiger partial charge in [0.25, 0.3) is 0 Å². The molecule has 0 amide bonds. The summed E-state index contributed by atoms with van der Waals surface area (Å²) >= 11 is 0. The van der Waals surface area contributed by atoms with E-state index < -0.39 is 11.2 Å². The second-order valence-electron chi connectivity index (χ2n) is 14.4. The van der Waals surface area contributed by atoms with Crippen LogP contribution in [-0.2, 0) is 4.74 Å². The van der Waals surface area contributed by atoms with Crippen molar-refractivity contribution >= 4 is 0 Å². The molecule has 0 heterocycles. The van der Waals surface area contributed by atoms with Gasteiger partial charge in [0.1, 0.15) is 0 Å². The molecule has 0 aromatic carbocycles. The number of hydrogen-bond donors (Lipinski definition) is 2. The van der Waals surface area contributed by atoms with Crippen molar-refractivity contribution in [2.24, 2.45) is 39.4 Å². The first-order valence-corrected chi connectivity index (χ1v) is 14.0. The molecule has 33 heavy (non-hydrogen) atoms. The van der Waals surface area contributed by atoms with E-state index in [0.29, 0.717) is 34.2 Å². The van der Waals surface area contributed by atoms with Gasteiger partial charge in [-0.2, -0.15) is 0 Å². The Kier molecular flexibility index (Phi) is 5.57. The molecule has 9 atom stereocenters. The minimum atomic E-state index is -0.610. The van der Waals surface area contributed by atoms with Crippen molar-refractivity contribution < 1.29 is 14.9 Å². The van der Waals surface area contributed by atoms with Gasteiger partial charge in [0.05, 0.1) is 11.2 Å². The second-order valence-corrected chi connectivity index (χ2v) is 14.4. The molecule has 3 heteroatoms. The first kappa shape index (κ1) is 24.3. The van der Waals surface area contributed by atoms with Crippen LogP contribution in [0.1, 0.15) is 112 Å². The summed E-state index contributed by atoms with van der Waals surface area (Å²) in [5.41, 5.74) is 2.29. The molecule has 4 fully saturated rings. The van der Waals surface area contributed by atoms with Crippen molar-refractivity contribution in [1.29, 1.82) is 0 Å². The third-order valence-corrected chi connectivity index (χ3v) is 12.5. The van der Waals surface area contributed by atoms with E-state index in [-0.39, 0.29) is 0 Å². The summed E-state index contributed by atoms with van der Waals surface area (Å²) in [7, 11) is 1.72. The number of ether oxygens (including phenoxy) is 1. The zero-order valence-electron chi connectivity index (χ0n) is 22.3. The van der Waals surface area contributed by atoms with Crippen molar-refractivity contribution in [2.75, 3.05) is 13.7 Å². The monoisotopic (exact) mass is 458 g/mol. The third kappa shape index (κ3) is 3.38. The molecule has 0 radical (unpaired) electrons. The van der Waals surface area contributed by atoms with Gasteiger partial charge in [0.2, 0.25) is 0 Å².